The van der Waals surface area contributed by atoms with Crippen molar-refractivity contribution >= 4 is 5.78 Å². The van der Waals surface area contributed by atoms with E-state index >= 15 is 0 Å². The molecule has 0 aromatic heterocycles. The van der Waals surface area contributed by atoms with Crippen molar-refractivity contribution in [2.24, 2.45) is 161 Å². The van der Waals surface area contributed by atoms with E-state index in [0.29, 0.717) is 111 Å². The summed E-state index contributed by atoms with van der Waals surface area (Å²) in [5.74, 6) is 11.8. The maximum absolute atomic E-state index is 14.0. The normalized spacial score (nSPS) is 60.0. The average molecular weight is 1290 g/mol. The fourth-order valence-electron chi connectivity index (χ4n) is 31.3. The fourth-order valence-corrected chi connectivity index (χ4v) is 31.3. The Labute approximate surface area is 565 Å². The first-order valence-electron chi connectivity index (χ1n) is 40.3. The average Bonchev–Trinajstić information content (AvgIpc) is 1.67. The Hall–Kier alpha value is -0.910. The molecule has 16 fully saturated rings. The predicted octanol–water partition coefficient (Wildman–Crippen LogP) is 17.8. The van der Waals surface area contributed by atoms with E-state index in [1.165, 1.54) is 109 Å². The summed E-state index contributed by atoms with van der Waals surface area (Å²) in [6, 6.07) is 0. The lowest BCUT2D eigenvalue weighted by atomic mass is 9.31. The number of aliphatic hydroxyl groups excluding tert-OH is 4. The first-order valence-corrected chi connectivity index (χ1v) is 40.3. The minimum Gasteiger partial charge on any atom is -0.396 e. The van der Waals surface area contributed by atoms with Gasteiger partial charge in [0.2, 0.25) is 0 Å². The number of hydrogen-bond donors (Lipinski definition) is 4. The highest BCUT2D eigenvalue weighted by Crippen LogP contribution is 2.78. The molecule has 0 aromatic carbocycles. The molecule has 12 saturated carbocycles. The molecular weight excluding hydrogens is 1150 g/mol. The lowest BCUT2D eigenvalue weighted by Crippen LogP contribution is -2.67. The van der Waals surface area contributed by atoms with E-state index in [0.717, 1.165) is 125 Å². The number of hydrogen-bond acceptors (Lipinski definition) is 9. The van der Waals surface area contributed by atoms with E-state index in [9.17, 15) is 25.2 Å². The SMILES string of the molecule is C[C@@H]1CC[C@@]2(OC1)O[C@H]1C[C@H]3[C@@H]4CC=C5C[C@@H](O)CC[C@]5(C)[C@H]4CC[C@]3(C)[C@H]1[C@@H]2C.C[C@@H]1CC[C@@]2(OC1)O[C@H]1C[C@H]3[C@@H]4CC[C@H]5C[C@@H](O)CC[C@]5(C)[C@H]4CC(=O)[C@]3(C)[C@H]1[C@@H]2C.C[C@H]1[C@H](C)CC[C@]2(CO)CC[C@]3(C)C(CC[C@@H]4[C@@]5(C)CC[C@H](O)C(C)(C)[C@@H]5CC[C@]43C)[C@H]12. The van der Waals surface area contributed by atoms with Crippen molar-refractivity contribution in [3.8, 4) is 0 Å². The standard InChI is InChI=1S/C30H52O2.C27H42O4.C27H42O3/c1-19-10-15-30(18-31)17-16-28(6)21(25(30)20(19)2)8-9-23-27(5)13-12-24(32)26(3,4)22(27)11-14-29(23,28)7;1-15-7-10-27(30-14-15)16(2)24-22(31-27)12-21-19-6-5-17-11-18(28)8-9-25(17,3)20(19)13-23(29)26(21,24)4;1-16-7-12-27(29-15-16)17(2)24-23(30-27)14-22-20-6-5-18-13-19(28)8-10-25(18,3)21(20)9-11-26(22,24)4/h19-25,31-32H,8-18H2,1-7H3;15-22,24,28H,5-14H2,1-4H3;5,16-17,19-24,28H,6-15H2,1-4H3/t19-,20+,21?,22+,23-,24+,25+,27+,28-,29-,30-;15-,16+,17+,18+,19-,20+,21+,22+,24+,25+,26-,27-;16-,17+,19+,20-,21+,22+,23+,24+,25+,26+,27-/m111/s1. The summed E-state index contributed by atoms with van der Waals surface area (Å²) in [5, 5.41) is 42.1. The Bertz CT molecular complexity index is 2830. The largest absolute Gasteiger partial charge is 0.396 e. The van der Waals surface area contributed by atoms with E-state index < -0.39 is 5.79 Å². The number of carbonyl (C=O) groups excluding carboxylic acids is 1. The van der Waals surface area contributed by atoms with E-state index in [1.807, 2.05) is 0 Å². The van der Waals surface area contributed by atoms with Crippen LogP contribution in [0.5, 0.6) is 0 Å². The van der Waals surface area contributed by atoms with Crippen LogP contribution in [-0.4, -0.2) is 88.1 Å². The first-order chi connectivity index (χ1) is 43.8. The molecule has 34 atom stereocenters. The van der Waals surface area contributed by atoms with Crippen LogP contribution in [0.15, 0.2) is 11.6 Å². The van der Waals surface area contributed by atoms with Crippen LogP contribution in [-0.2, 0) is 23.7 Å². The fraction of sp³-hybridized carbons (Fsp3) is 0.964. The van der Waals surface area contributed by atoms with Crippen molar-refractivity contribution < 1.29 is 44.2 Å². The van der Waals surface area contributed by atoms with Gasteiger partial charge in [0.1, 0.15) is 5.78 Å². The van der Waals surface area contributed by atoms with Gasteiger partial charge in [-0.1, -0.05) is 116 Å². The van der Waals surface area contributed by atoms with E-state index in [1.54, 1.807) is 5.57 Å². The Morgan fingerprint density at radius 1 is 0.495 bits per heavy atom. The van der Waals surface area contributed by atoms with Crippen LogP contribution in [0.25, 0.3) is 0 Å². The molecule has 4 saturated heterocycles. The lowest BCUT2D eigenvalue weighted by molar-refractivity contribution is -0.272. The second-order valence-corrected chi connectivity index (χ2v) is 40.6. The van der Waals surface area contributed by atoms with Gasteiger partial charge < -0.3 is 39.4 Å². The predicted molar refractivity (Wildman–Crippen MR) is 368 cm³/mol. The zero-order chi connectivity index (χ0) is 66.0. The van der Waals surface area contributed by atoms with E-state index in [2.05, 4.69) is 110 Å². The second kappa shape index (κ2) is 23.1. The van der Waals surface area contributed by atoms with Gasteiger partial charge >= 0.3 is 0 Å². The number of rotatable bonds is 1. The number of allylic oxidation sites excluding steroid dienone is 1. The molecule has 4 N–H and O–H groups in total. The first kappa shape index (κ1) is 67.9. The monoisotopic (exact) mass is 1290 g/mol. The lowest BCUT2D eigenvalue weighted by Gasteiger charge is -2.74. The van der Waals surface area contributed by atoms with E-state index in [4.69, 9.17) is 18.9 Å². The molecule has 4 heterocycles. The van der Waals surface area contributed by atoms with Crippen molar-refractivity contribution in [1.29, 1.82) is 0 Å². The minimum absolute atomic E-state index is 0.0397. The maximum Gasteiger partial charge on any atom is 0.171 e. The Balaban J connectivity index is 0.000000115. The molecule has 17 aliphatic rings. The van der Waals surface area contributed by atoms with Gasteiger partial charge in [0.25, 0.3) is 0 Å². The van der Waals surface area contributed by atoms with Crippen molar-refractivity contribution in [2.45, 2.75) is 326 Å². The molecule has 0 aromatic rings. The molecule has 13 aliphatic carbocycles. The van der Waals surface area contributed by atoms with Gasteiger partial charge in [0.05, 0.1) is 43.7 Å². The molecule has 17 rings (SSSR count). The number of ketones is 1. The van der Waals surface area contributed by atoms with Crippen LogP contribution in [0.4, 0.5) is 0 Å². The number of ether oxygens (including phenoxy) is 4. The molecule has 9 heteroatoms. The topological polar surface area (TPSA) is 135 Å². The molecular formula is C84H136O9. The third-order valence-electron chi connectivity index (χ3n) is 37.2. The van der Waals surface area contributed by atoms with Crippen LogP contribution in [0.2, 0.25) is 0 Å². The summed E-state index contributed by atoms with van der Waals surface area (Å²) in [6.45, 7) is 39.1. The second-order valence-electron chi connectivity index (χ2n) is 40.6. The summed E-state index contributed by atoms with van der Waals surface area (Å²) in [4.78, 5) is 14.0. The number of aliphatic hydroxyl groups is 4. The Kier molecular flexibility index (Phi) is 16.8. The summed E-state index contributed by atoms with van der Waals surface area (Å²) in [6.07, 6.45) is 35.4. The maximum atomic E-state index is 14.0. The molecule has 93 heavy (non-hydrogen) atoms. The summed E-state index contributed by atoms with van der Waals surface area (Å²) >= 11 is 0. The molecule has 2 spiro atoms. The van der Waals surface area contributed by atoms with Gasteiger partial charge in [-0.2, -0.15) is 0 Å². The molecule has 0 amide bonds. The molecule has 1 unspecified atom stereocenters. The van der Waals surface area contributed by atoms with E-state index in [-0.39, 0.29) is 57.8 Å². The van der Waals surface area contributed by atoms with Crippen LogP contribution in [0, 0.1) is 161 Å². The quantitative estimate of drug-likeness (QED) is 0.189. The molecule has 0 bridgehead atoms. The Morgan fingerprint density at radius 2 is 1.14 bits per heavy atom. The van der Waals surface area contributed by atoms with Crippen molar-refractivity contribution in [3.05, 3.63) is 11.6 Å². The number of carbonyl (C=O) groups is 1. The number of fused-ring (bicyclic) bond motifs is 21. The highest BCUT2D eigenvalue weighted by Gasteiger charge is 2.75. The summed E-state index contributed by atoms with van der Waals surface area (Å²) in [7, 11) is 0. The van der Waals surface area contributed by atoms with Gasteiger partial charge in [0, 0.05) is 49.0 Å². The highest BCUT2D eigenvalue weighted by molar-refractivity contribution is 5.87. The summed E-state index contributed by atoms with van der Waals surface area (Å²) in [5.41, 5.74) is 3.66. The van der Waals surface area contributed by atoms with Crippen molar-refractivity contribution in [1.82, 2.24) is 0 Å². The minimum atomic E-state index is -0.448. The highest BCUT2D eigenvalue weighted by atomic mass is 16.7. The third kappa shape index (κ3) is 9.55. The molecule has 4 aliphatic heterocycles. The van der Waals surface area contributed by atoms with Gasteiger partial charge in [-0.05, 0) is 299 Å². The smallest absolute Gasteiger partial charge is 0.171 e. The van der Waals surface area contributed by atoms with Crippen molar-refractivity contribution in [2.75, 3.05) is 19.8 Å². The molecule has 0 radical (unpaired) electrons. The Morgan fingerprint density at radius 3 is 1.82 bits per heavy atom. The van der Waals surface area contributed by atoms with Crippen molar-refractivity contribution in [3.63, 3.8) is 0 Å². The van der Waals surface area contributed by atoms with Gasteiger partial charge in [-0.25, -0.2) is 0 Å². The third-order valence-corrected chi connectivity index (χ3v) is 37.2. The summed E-state index contributed by atoms with van der Waals surface area (Å²) < 4.78 is 26.5. The molecule has 526 valence electrons. The van der Waals surface area contributed by atoms with Crippen LogP contribution in [0.1, 0.15) is 284 Å². The van der Waals surface area contributed by atoms with Gasteiger partial charge in [-0.15, -0.1) is 0 Å². The zero-order valence-corrected chi connectivity index (χ0v) is 61.7. The van der Waals surface area contributed by atoms with Crippen LogP contribution >= 0.6 is 0 Å². The van der Waals surface area contributed by atoms with Gasteiger partial charge in [-0.3, -0.25) is 4.79 Å². The van der Waals surface area contributed by atoms with Crippen LogP contribution < -0.4 is 0 Å². The molecule has 9 nitrogen and oxygen atoms in total. The van der Waals surface area contributed by atoms with Gasteiger partial charge in [0.15, 0.2) is 11.6 Å². The zero-order valence-electron chi connectivity index (χ0n) is 61.7. The number of Topliss-reactive ketones (excluding diaryl/α,β-unsaturated/α-hetero) is 1. The van der Waals surface area contributed by atoms with Crippen LogP contribution in [0.3, 0.4) is 0 Å².